The van der Waals surface area contributed by atoms with Gasteiger partial charge in [-0.3, -0.25) is 0 Å². The lowest BCUT2D eigenvalue weighted by atomic mass is 10.2. The normalized spacial score (nSPS) is 14.7. The van der Waals surface area contributed by atoms with E-state index in [0.29, 0.717) is 11.3 Å². The minimum absolute atomic E-state index is 0. The van der Waals surface area contributed by atoms with Crippen LogP contribution in [0.2, 0.25) is 0 Å². The number of rotatable bonds is 2. The maximum Gasteiger partial charge on any atom is 0.155 e. The van der Waals surface area contributed by atoms with Gasteiger partial charge in [0.15, 0.2) is 7.60 Å². The van der Waals surface area contributed by atoms with Gasteiger partial charge < -0.3 is 26.2 Å². The number of nitrogen functional groups attached to an aromatic ring is 1. The second-order valence-electron chi connectivity index (χ2n) is 2.51. The summed E-state index contributed by atoms with van der Waals surface area (Å²) >= 11 is 0. The fraction of sp³-hybridized carbons (Fsp3) is 0. The van der Waals surface area contributed by atoms with Gasteiger partial charge in [-0.05, 0) is 23.5 Å². The Morgan fingerprint density at radius 3 is 2.50 bits per heavy atom. The predicted octanol–water partition coefficient (Wildman–Crippen LogP) is 1.16. The molecule has 1 unspecified atom stereocenters. The molecule has 1 rings (SSSR count). The summed E-state index contributed by atoms with van der Waals surface area (Å²) in [7, 11) is -4.34. The zero-order valence-corrected chi connectivity index (χ0v) is 8.65. The smallest absolute Gasteiger partial charge is 0.155 e. The van der Waals surface area contributed by atoms with Crippen molar-refractivity contribution in [1.82, 2.24) is 6.15 Å². The summed E-state index contributed by atoms with van der Waals surface area (Å²) in [5.74, 6) is 0.721. The first-order valence-corrected chi connectivity index (χ1v) is 5.21. The summed E-state index contributed by atoms with van der Waals surface area (Å²) in [6.45, 7) is 0. The minimum atomic E-state index is -4.34. The van der Waals surface area contributed by atoms with E-state index in [-0.39, 0.29) is 6.15 Å². The maximum atomic E-state index is 10.4. The highest BCUT2D eigenvalue weighted by atomic mass is 31.2. The number of anilines is 1. The van der Waals surface area contributed by atoms with Gasteiger partial charge in [-0.2, -0.15) is 0 Å². The van der Waals surface area contributed by atoms with Crippen LogP contribution < -0.4 is 16.8 Å². The Hall–Kier alpha value is -1.13. The topological polar surface area (TPSA) is 123 Å². The molecular formula is C8H13N2O3P. The van der Waals surface area contributed by atoms with Gasteiger partial charge in [0.1, 0.15) is 0 Å². The number of hydrogen-bond acceptors (Lipinski definition) is 3. The molecule has 0 heterocycles. The molecule has 0 saturated heterocycles. The Kier molecular flexibility index (Phi) is 4.53. The first kappa shape index (κ1) is 12.9. The molecular weight excluding hydrogens is 203 g/mol. The van der Waals surface area contributed by atoms with Crippen LogP contribution in [0.25, 0.3) is 6.08 Å². The molecule has 0 fully saturated rings. The van der Waals surface area contributed by atoms with Crippen molar-refractivity contribution in [3.8, 4) is 0 Å². The van der Waals surface area contributed by atoms with Crippen LogP contribution in [0.3, 0.4) is 0 Å². The molecule has 6 heteroatoms. The van der Waals surface area contributed by atoms with Crippen molar-refractivity contribution >= 4 is 19.4 Å². The van der Waals surface area contributed by atoms with Crippen molar-refractivity contribution in [1.29, 1.82) is 0 Å². The Morgan fingerprint density at radius 2 is 2.00 bits per heavy atom. The third kappa shape index (κ3) is 4.20. The molecule has 78 valence electrons. The zero-order valence-electron chi connectivity index (χ0n) is 7.75. The lowest BCUT2D eigenvalue weighted by Crippen LogP contribution is -1.94. The van der Waals surface area contributed by atoms with E-state index in [1.54, 1.807) is 24.3 Å². The van der Waals surface area contributed by atoms with E-state index < -0.39 is 7.60 Å². The third-order valence-electron chi connectivity index (χ3n) is 1.44. The van der Waals surface area contributed by atoms with Crippen molar-refractivity contribution in [2.45, 2.75) is 0 Å². The summed E-state index contributed by atoms with van der Waals surface area (Å²) in [5.41, 5.74) is 6.55. The molecule has 0 aliphatic rings. The largest absolute Gasteiger partial charge is 0.776 e. The summed E-state index contributed by atoms with van der Waals surface area (Å²) in [5, 5.41) is 0. The fourth-order valence-electron chi connectivity index (χ4n) is 0.837. The molecule has 0 aromatic heterocycles. The van der Waals surface area contributed by atoms with E-state index in [9.17, 15) is 9.46 Å². The summed E-state index contributed by atoms with van der Waals surface area (Å²) < 4.78 is 10.4. The lowest BCUT2D eigenvalue weighted by molar-refractivity contribution is -0.189. The van der Waals surface area contributed by atoms with Gasteiger partial charge in [0.25, 0.3) is 0 Å². The quantitative estimate of drug-likeness (QED) is 0.506. The van der Waals surface area contributed by atoms with Crippen LogP contribution in [0.5, 0.6) is 0 Å². The van der Waals surface area contributed by atoms with Crippen LogP contribution in [0, 0.1) is 0 Å². The standard InChI is InChI=1S/C8H10NO3P.H3N/c9-8-4-2-1-3-7(8)5-6-13(10,11)12;/h1-6H,9H2,(H2,10,11,12);1H3/b6-5+;. The highest BCUT2D eigenvalue weighted by molar-refractivity contribution is 7.53. The fourth-order valence-corrected chi connectivity index (χ4v) is 1.19. The van der Waals surface area contributed by atoms with Crippen LogP contribution >= 0.6 is 7.60 Å². The SMILES string of the molecule is Nc1ccccc1/C=C/P(=O)([O-])O.[NH4+]. The summed E-state index contributed by atoms with van der Waals surface area (Å²) in [4.78, 5) is 18.8. The molecule has 14 heavy (non-hydrogen) atoms. The highest BCUT2D eigenvalue weighted by Crippen LogP contribution is 2.32. The molecule has 7 N–H and O–H groups in total. The van der Waals surface area contributed by atoms with Crippen LogP contribution in [0.4, 0.5) is 5.69 Å². The predicted molar refractivity (Wildman–Crippen MR) is 55.7 cm³/mol. The monoisotopic (exact) mass is 216 g/mol. The first-order valence-electron chi connectivity index (χ1n) is 3.56. The molecule has 0 aliphatic carbocycles. The Bertz CT molecular complexity index is 373. The molecule has 0 saturated carbocycles. The van der Waals surface area contributed by atoms with Gasteiger partial charge >= 0.3 is 0 Å². The van der Waals surface area contributed by atoms with Gasteiger partial charge in [-0.15, -0.1) is 0 Å². The van der Waals surface area contributed by atoms with E-state index >= 15 is 0 Å². The van der Waals surface area contributed by atoms with Gasteiger partial charge in [-0.1, -0.05) is 18.2 Å². The minimum Gasteiger partial charge on any atom is -0.776 e. The van der Waals surface area contributed by atoms with Gasteiger partial charge in [-0.25, -0.2) is 0 Å². The van der Waals surface area contributed by atoms with Crippen molar-refractivity contribution in [3.63, 3.8) is 0 Å². The van der Waals surface area contributed by atoms with Crippen molar-refractivity contribution in [2.75, 3.05) is 5.73 Å². The second-order valence-corrected chi connectivity index (χ2v) is 3.94. The molecule has 0 spiro atoms. The van der Waals surface area contributed by atoms with Crippen LogP contribution in [0.1, 0.15) is 5.56 Å². The van der Waals surface area contributed by atoms with Crippen molar-refractivity contribution in [2.24, 2.45) is 0 Å². The van der Waals surface area contributed by atoms with Gasteiger partial charge in [0.2, 0.25) is 0 Å². The van der Waals surface area contributed by atoms with E-state index in [1.165, 1.54) is 6.08 Å². The van der Waals surface area contributed by atoms with E-state index in [1.807, 2.05) is 0 Å². The van der Waals surface area contributed by atoms with Crippen LogP contribution in [-0.2, 0) is 4.57 Å². The van der Waals surface area contributed by atoms with Crippen LogP contribution in [0.15, 0.2) is 30.1 Å². The lowest BCUT2D eigenvalue weighted by Gasteiger charge is -2.09. The molecule has 0 bridgehead atoms. The number of hydrogen-bond donors (Lipinski definition) is 3. The average molecular weight is 216 g/mol. The second kappa shape index (κ2) is 4.93. The number of benzene rings is 1. The van der Waals surface area contributed by atoms with E-state index in [0.717, 1.165) is 5.82 Å². The van der Waals surface area contributed by atoms with E-state index in [4.69, 9.17) is 10.6 Å². The molecule has 0 radical (unpaired) electrons. The third-order valence-corrected chi connectivity index (χ3v) is 1.96. The molecule has 0 aliphatic heterocycles. The molecule has 1 aromatic carbocycles. The zero-order chi connectivity index (χ0) is 9.90. The Morgan fingerprint density at radius 1 is 1.43 bits per heavy atom. The Labute approximate surface area is 82.0 Å². The number of quaternary nitrogens is 1. The molecule has 0 amide bonds. The van der Waals surface area contributed by atoms with E-state index in [2.05, 4.69) is 0 Å². The van der Waals surface area contributed by atoms with Crippen molar-refractivity contribution < 1.29 is 14.4 Å². The molecule has 1 atom stereocenters. The first-order chi connectivity index (χ1) is 5.99. The number of nitrogens with two attached hydrogens (primary N) is 1. The Balaban J connectivity index is 0.00000169. The van der Waals surface area contributed by atoms with Gasteiger partial charge in [0, 0.05) is 5.69 Å². The molecule has 5 nitrogen and oxygen atoms in total. The highest BCUT2D eigenvalue weighted by Gasteiger charge is 1.95. The average Bonchev–Trinajstić information content (AvgIpc) is 2.01. The van der Waals surface area contributed by atoms with Gasteiger partial charge in [0.05, 0.1) is 0 Å². The summed E-state index contributed by atoms with van der Waals surface area (Å²) in [6, 6.07) is 6.76. The number of para-hydroxylation sites is 1. The van der Waals surface area contributed by atoms with Crippen LogP contribution in [-0.4, -0.2) is 4.89 Å². The molecule has 1 aromatic rings. The summed E-state index contributed by atoms with van der Waals surface area (Å²) in [6.07, 6.45) is 1.25. The van der Waals surface area contributed by atoms with Crippen molar-refractivity contribution in [3.05, 3.63) is 35.6 Å². The maximum absolute atomic E-state index is 10.4.